The van der Waals surface area contributed by atoms with Crippen molar-refractivity contribution in [3.05, 3.63) is 0 Å². The average molecular weight is 304 g/mol. The zero-order valence-corrected chi connectivity index (χ0v) is 13.8. The van der Waals surface area contributed by atoms with Crippen LogP contribution in [0.2, 0.25) is 0 Å². The van der Waals surface area contributed by atoms with E-state index in [-0.39, 0.29) is 12.5 Å². The summed E-state index contributed by atoms with van der Waals surface area (Å²) in [5, 5.41) is 4.95. The minimum atomic E-state index is -0.842. The first kappa shape index (κ1) is 18.8. The summed E-state index contributed by atoms with van der Waals surface area (Å²) in [5.41, 5.74) is -0.609. The Hall–Kier alpha value is -1.24. The van der Waals surface area contributed by atoms with Gasteiger partial charge < -0.3 is 15.4 Å². The van der Waals surface area contributed by atoms with Gasteiger partial charge in [0.05, 0.1) is 0 Å². The third kappa shape index (κ3) is 8.04. The van der Waals surface area contributed by atoms with Crippen LogP contribution < -0.4 is 10.6 Å². The van der Waals surface area contributed by atoms with Gasteiger partial charge in [-0.2, -0.15) is 12.6 Å². The van der Waals surface area contributed by atoms with Crippen molar-refractivity contribution < 1.29 is 19.1 Å². The van der Waals surface area contributed by atoms with E-state index in [0.717, 1.165) is 0 Å². The highest BCUT2D eigenvalue weighted by Crippen LogP contribution is 2.17. The maximum Gasteiger partial charge on any atom is 0.325 e. The third-order valence-electron chi connectivity index (χ3n) is 2.14. The van der Waals surface area contributed by atoms with Gasteiger partial charge in [0.2, 0.25) is 11.8 Å². The number of nitrogens with one attached hydrogen (secondary N) is 2. The van der Waals surface area contributed by atoms with E-state index >= 15 is 0 Å². The number of hydrogen-bond donors (Lipinski definition) is 3. The van der Waals surface area contributed by atoms with Crippen molar-refractivity contribution in [2.45, 2.75) is 57.9 Å². The molecule has 0 spiro atoms. The van der Waals surface area contributed by atoms with E-state index in [1.165, 1.54) is 6.92 Å². The minimum Gasteiger partial charge on any atom is -0.459 e. The number of hydrogen-bond acceptors (Lipinski definition) is 5. The topological polar surface area (TPSA) is 84.5 Å². The molecule has 0 aromatic heterocycles. The number of carbonyl (C=O) groups excluding carboxylic acids is 3. The van der Waals surface area contributed by atoms with Crippen LogP contribution in [-0.4, -0.2) is 40.7 Å². The first-order valence-corrected chi connectivity index (χ1v) is 6.76. The van der Waals surface area contributed by atoms with Gasteiger partial charge >= 0.3 is 5.97 Å². The molecule has 0 aliphatic carbocycles. The SMILES string of the molecule is CC(=O)N[C@H](C(=O)NCC(=O)OC(C)(C)C)C(C)(C)S. The molecule has 0 saturated carbocycles. The van der Waals surface area contributed by atoms with E-state index in [9.17, 15) is 14.4 Å². The molecule has 20 heavy (non-hydrogen) atoms. The smallest absolute Gasteiger partial charge is 0.325 e. The van der Waals surface area contributed by atoms with E-state index in [4.69, 9.17) is 4.74 Å². The molecule has 0 aliphatic rings. The standard InChI is InChI=1S/C13H24N2O4S/c1-8(16)15-10(13(5,6)20)11(18)14-7-9(17)19-12(2,3)4/h10,20H,7H2,1-6H3,(H,14,18)(H,15,16)/t10-/m1/s1. The van der Waals surface area contributed by atoms with Crippen LogP contribution in [0.1, 0.15) is 41.5 Å². The fourth-order valence-corrected chi connectivity index (χ4v) is 1.59. The van der Waals surface area contributed by atoms with E-state index in [1.54, 1.807) is 34.6 Å². The molecule has 0 aromatic rings. The lowest BCUT2D eigenvalue weighted by Crippen LogP contribution is -2.56. The Morgan fingerprint density at radius 1 is 1.15 bits per heavy atom. The predicted molar refractivity (Wildman–Crippen MR) is 79.5 cm³/mol. The Morgan fingerprint density at radius 2 is 1.65 bits per heavy atom. The van der Waals surface area contributed by atoms with Gasteiger partial charge in [0.1, 0.15) is 18.2 Å². The van der Waals surface area contributed by atoms with Crippen LogP contribution in [0.25, 0.3) is 0 Å². The molecular formula is C13H24N2O4S. The van der Waals surface area contributed by atoms with Crippen molar-refractivity contribution in [3.8, 4) is 0 Å². The quantitative estimate of drug-likeness (QED) is 0.514. The van der Waals surface area contributed by atoms with Crippen molar-refractivity contribution in [3.63, 3.8) is 0 Å². The zero-order valence-electron chi connectivity index (χ0n) is 12.9. The van der Waals surface area contributed by atoms with E-state index in [0.29, 0.717) is 0 Å². The summed E-state index contributed by atoms with van der Waals surface area (Å²) in [7, 11) is 0. The van der Waals surface area contributed by atoms with E-state index < -0.39 is 28.3 Å². The molecule has 0 radical (unpaired) electrons. The molecule has 0 saturated heterocycles. The fraction of sp³-hybridized carbons (Fsp3) is 0.769. The van der Waals surface area contributed by atoms with Gasteiger partial charge in [-0.15, -0.1) is 0 Å². The van der Waals surface area contributed by atoms with Crippen LogP contribution in [0.15, 0.2) is 0 Å². The maximum atomic E-state index is 12.0. The molecule has 2 amide bonds. The summed E-state index contributed by atoms with van der Waals surface area (Å²) in [6, 6.07) is -0.842. The number of amides is 2. The molecular weight excluding hydrogens is 280 g/mol. The van der Waals surface area contributed by atoms with Crippen molar-refractivity contribution in [1.82, 2.24) is 10.6 Å². The highest BCUT2D eigenvalue weighted by molar-refractivity contribution is 7.81. The van der Waals surface area contributed by atoms with Crippen molar-refractivity contribution in [1.29, 1.82) is 0 Å². The van der Waals surface area contributed by atoms with E-state index in [2.05, 4.69) is 23.3 Å². The monoisotopic (exact) mass is 304 g/mol. The molecule has 0 aliphatic heterocycles. The Morgan fingerprint density at radius 3 is 2.00 bits per heavy atom. The second-order valence-corrected chi connectivity index (χ2v) is 7.24. The molecule has 2 N–H and O–H groups in total. The molecule has 1 atom stereocenters. The predicted octanol–water partition coefficient (Wildman–Crippen LogP) is 0.657. The Labute approximate surface area is 125 Å². The first-order chi connectivity index (χ1) is 8.83. The number of carbonyl (C=O) groups is 3. The number of ether oxygens (including phenoxy) is 1. The summed E-state index contributed by atoms with van der Waals surface area (Å²) in [5.74, 6) is -1.36. The lowest BCUT2D eigenvalue weighted by Gasteiger charge is -2.29. The normalized spacial score (nSPS) is 13.3. The molecule has 6 nitrogen and oxygen atoms in total. The summed E-state index contributed by atoms with van der Waals surface area (Å²) in [6.07, 6.45) is 0. The molecule has 7 heteroatoms. The molecule has 0 heterocycles. The van der Waals surface area contributed by atoms with Gasteiger partial charge in [0.25, 0.3) is 0 Å². The highest BCUT2D eigenvalue weighted by atomic mass is 32.1. The van der Waals surface area contributed by atoms with Crippen LogP contribution >= 0.6 is 12.6 Å². The third-order valence-corrected chi connectivity index (χ3v) is 2.40. The van der Waals surface area contributed by atoms with Crippen molar-refractivity contribution in [2.24, 2.45) is 0 Å². The molecule has 0 bridgehead atoms. The van der Waals surface area contributed by atoms with Crippen LogP contribution in [0.5, 0.6) is 0 Å². The van der Waals surface area contributed by atoms with Crippen molar-refractivity contribution >= 4 is 30.4 Å². The Kier molecular flexibility index (Phi) is 6.53. The summed E-state index contributed by atoms with van der Waals surface area (Å²) in [4.78, 5) is 34.6. The van der Waals surface area contributed by atoms with Gasteiger partial charge in [0, 0.05) is 11.7 Å². The van der Waals surface area contributed by atoms with Crippen LogP contribution in [-0.2, 0) is 19.1 Å². The summed E-state index contributed by atoms with van der Waals surface area (Å²) >= 11 is 4.29. The van der Waals surface area contributed by atoms with Crippen LogP contribution in [0.3, 0.4) is 0 Å². The maximum absolute atomic E-state index is 12.0. The lowest BCUT2D eigenvalue weighted by atomic mass is 10.0. The van der Waals surface area contributed by atoms with Gasteiger partial charge in [-0.3, -0.25) is 14.4 Å². The zero-order chi connectivity index (χ0) is 16.1. The van der Waals surface area contributed by atoms with Gasteiger partial charge in [-0.05, 0) is 34.6 Å². The minimum absolute atomic E-state index is 0.254. The first-order valence-electron chi connectivity index (χ1n) is 6.32. The van der Waals surface area contributed by atoms with Crippen LogP contribution in [0, 0.1) is 0 Å². The molecule has 0 aromatic carbocycles. The number of esters is 1. The Balaban J connectivity index is 4.56. The Bertz CT molecular complexity index is 383. The average Bonchev–Trinajstić information content (AvgIpc) is 2.18. The summed E-state index contributed by atoms with van der Waals surface area (Å²) < 4.78 is 4.31. The fourth-order valence-electron chi connectivity index (χ4n) is 1.41. The largest absolute Gasteiger partial charge is 0.459 e. The number of thiol groups is 1. The van der Waals surface area contributed by atoms with Crippen LogP contribution in [0.4, 0.5) is 0 Å². The number of rotatable bonds is 5. The van der Waals surface area contributed by atoms with Gasteiger partial charge in [-0.1, -0.05) is 0 Å². The van der Waals surface area contributed by atoms with Gasteiger partial charge in [-0.25, -0.2) is 0 Å². The van der Waals surface area contributed by atoms with Gasteiger partial charge in [0.15, 0.2) is 0 Å². The molecule has 116 valence electrons. The second kappa shape index (κ2) is 6.97. The van der Waals surface area contributed by atoms with E-state index in [1.807, 2.05) is 0 Å². The lowest BCUT2D eigenvalue weighted by molar-refractivity contribution is -0.154. The second-order valence-electron chi connectivity index (χ2n) is 6.09. The van der Waals surface area contributed by atoms with Crippen molar-refractivity contribution in [2.75, 3.05) is 6.54 Å². The molecule has 0 unspecified atom stereocenters. The molecule has 0 fully saturated rings. The molecule has 0 rings (SSSR count). The summed E-state index contributed by atoms with van der Waals surface area (Å²) in [6.45, 7) is 9.67. The highest BCUT2D eigenvalue weighted by Gasteiger charge is 2.33.